The Labute approximate surface area is 284 Å². The van der Waals surface area contributed by atoms with Crippen molar-refractivity contribution in [1.29, 1.82) is 0 Å². The summed E-state index contributed by atoms with van der Waals surface area (Å²) in [4.78, 5) is 60.8. The molecule has 0 bridgehead atoms. The van der Waals surface area contributed by atoms with E-state index >= 15 is 0 Å². The molecule has 0 radical (unpaired) electrons. The number of carbonyl (C=O) groups is 4. The molecule has 270 valence electrons. The third kappa shape index (κ3) is 11.9. The van der Waals surface area contributed by atoms with Crippen LogP contribution in [0.3, 0.4) is 0 Å². The molecule has 3 rings (SSSR count). The second kappa shape index (κ2) is 19.6. The molecule has 1 saturated heterocycles. The second-order valence-electron chi connectivity index (χ2n) is 11.8. The predicted molar refractivity (Wildman–Crippen MR) is 172 cm³/mol. The fourth-order valence-corrected chi connectivity index (χ4v) is 5.08. The van der Waals surface area contributed by atoms with Crippen LogP contribution in [-0.2, 0) is 42.9 Å². The average Bonchev–Trinajstić information content (AvgIpc) is 3.65. The van der Waals surface area contributed by atoms with E-state index in [2.05, 4.69) is 34.7 Å². The number of ether oxygens (including phenoxy) is 5. The highest BCUT2D eigenvalue weighted by Crippen LogP contribution is 2.38. The number of anilines is 1. The van der Waals surface area contributed by atoms with Crippen LogP contribution in [0, 0.1) is 18.4 Å². The van der Waals surface area contributed by atoms with E-state index in [0.717, 1.165) is 38.5 Å². The topological polar surface area (TPSA) is 204 Å². The third-order valence-electron chi connectivity index (χ3n) is 7.89. The maximum atomic E-state index is 13.8. The number of carbonyl (C=O) groups excluding carboxylic acids is 4. The van der Waals surface area contributed by atoms with Gasteiger partial charge in [-0.25, -0.2) is 4.98 Å². The van der Waals surface area contributed by atoms with Crippen LogP contribution in [0.5, 0.6) is 0 Å². The first kappa shape index (κ1) is 39.1. The maximum Gasteiger partial charge on any atom is 0.312 e. The number of nitrogens with two attached hydrogens (primary N) is 1. The lowest BCUT2D eigenvalue weighted by atomic mass is 9.99. The SMILES string of the molecule is C#C[C@]1(COC(=O)CCC(=O)OC(COC(=O)CCCCCC)COC(=O)CCCCCC)O[C@@H](n2cnc3c(N)nc(F)nc32)C[C@@H]1O. The number of fused-ring (bicyclic) bond motifs is 1. The number of esters is 4. The molecule has 3 heterocycles. The smallest absolute Gasteiger partial charge is 0.312 e. The normalized spacial score (nSPS) is 18.7. The first-order chi connectivity index (χ1) is 23.5. The van der Waals surface area contributed by atoms with Crippen molar-refractivity contribution >= 4 is 40.9 Å². The van der Waals surface area contributed by atoms with Gasteiger partial charge in [-0.1, -0.05) is 58.3 Å². The van der Waals surface area contributed by atoms with Crippen molar-refractivity contribution in [3.63, 3.8) is 0 Å². The minimum Gasteiger partial charge on any atom is -0.462 e. The Bertz CT molecular complexity index is 1440. The first-order valence-corrected chi connectivity index (χ1v) is 16.7. The molecule has 0 unspecified atom stereocenters. The fraction of sp³-hybridized carbons (Fsp3) is 0.667. The lowest BCUT2D eigenvalue weighted by Crippen LogP contribution is -2.43. The van der Waals surface area contributed by atoms with Crippen LogP contribution in [0.1, 0.15) is 104 Å². The molecule has 49 heavy (non-hydrogen) atoms. The molecule has 0 saturated carbocycles. The van der Waals surface area contributed by atoms with E-state index in [1.165, 1.54) is 10.9 Å². The van der Waals surface area contributed by atoms with Gasteiger partial charge >= 0.3 is 30.0 Å². The number of aliphatic hydroxyl groups excluding tert-OH is 1. The van der Waals surface area contributed by atoms with E-state index in [4.69, 9.17) is 35.8 Å². The molecule has 0 aromatic carbocycles. The average molecular weight is 692 g/mol. The number of aliphatic hydroxyl groups is 1. The van der Waals surface area contributed by atoms with E-state index in [0.29, 0.717) is 12.8 Å². The van der Waals surface area contributed by atoms with Crippen LogP contribution < -0.4 is 5.73 Å². The first-order valence-electron chi connectivity index (χ1n) is 16.7. The number of unbranched alkanes of at least 4 members (excludes halogenated alkanes) is 6. The largest absolute Gasteiger partial charge is 0.462 e. The molecule has 3 atom stereocenters. The second-order valence-corrected chi connectivity index (χ2v) is 11.8. The van der Waals surface area contributed by atoms with Crippen LogP contribution in [0.25, 0.3) is 11.2 Å². The molecular formula is C33H46FN5O10. The third-order valence-corrected chi connectivity index (χ3v) is 7.89. The van der Waals surface area contributed by atoms with Gasteiger partial charge in [0.15, 0.2) is 28.7 Å². The number of hydrogen-bond acceptors (Lipinski definition) is 14. The van der Waals surface area contributed by atoms with Gasteiger partial charge in [-0.3, -0.25) is 23.7 Å². The zero-order valence-corrected chi connectivity index (χ0v) is 28.1. The van der Waals surface area contributed by atoms with Crippen LogP contribution in [0.2, 0.25) is 0 Å². The highest BCUT2D eigenvalue weighted by molar-refractivity contribution is 5.81. The fourth-order valence-electron chi connectivity index (χ4n) is 5.08. The summed E-state index contributed by atoms with van der Waals surface area (Å²) in [5.41, 5.74) is 4.10. The Balaban J connectivity index is 1.50. The molecule has 0 aliphatic carbocycles. The molecule has 2 aromatic rings. The number of terminal acetylenes is 1. The van der Waals surface area contributed by atoms with Crippen molar-refractivity contribution in [3.8, 4) is 12.3 Å². The summed E-state index contributed by atoms with van der Waals surface area (Å²) in [6, 6.07) is 0. The Kier molecular flexibility index (Phi) is 15.6. The van der Waals surface area contributed by atoms with E-state index < -0.39 is 73.4 Å². The number of nitrogens with zero attached hydrogens (tertiary/aromatic N) is 4. The van der Waals surface area contributed by atoms with Gasteiger partial charge in [-0.05, 0) is 12.8 Å². The van der Waals surface area contributed by atoms with Crippen molar-refractivity contribution in [2.45, 2.75) is 121 Å². The summed E-state index contributed by atoms with van der Waals surface area (Å²) in [5, 5.41) is 10.8. The van der Waals surface area contributed by atoms with Crippen molar-refractivity contribution < 1.29 is 52.4 Å². The summed E-state index contributed by atoms with van der Waals surface area (Å²) < 4.78 is 42.2. The van der Waals surface area contributed by atoms with E-state index in [-0.39, 0.29) is 49.5 Å². The van der Waals surface area contributed by atoms with Gasteiger partial charge < -0.3 is 34.5 Å². The number of halogens is 1. The number of rotatable bonds is 21. The minimum absolute atomic E-state index is 0.0207. The molecule has 1 fully saturated rings. The van der Waals surface area contributed by atoms with Crippen molar-refractivity contribution in [2.24, 2.45) is 0 Å². The molecule has 3 N–H and O–H groups in total. The van der Waals surface area contributed by atoms with Crippen LogP contribution in [-0.4, -0.2) is 86.1 Å². The Hall–Kier alpha value is -4.36. The Morgan fingerprint density at radius 3 is 2.16 bits per heavy atom. The van der Waals surface area contributed by atoms with Gasteiger partial charge in [0, 0.05) is 19.3 Å². The zero-order chi connectivity index (χ0) is 35.8. The molecule has 1 aliphatic heterocycles. The van der Waals surface area contributed by atoms with Crippen molar-refractivity contribution in [2.75, 3.05) is 25.6 Å². The predicted octanol–water partition coefficient (Wildman–Crippen LogP) is 3.46. The number of aromatic nitrogens is 4. The highest BCUT2D eigenvalue weighted by Gasteiger charge is 2.49. The molecule has 1 aliphatic rings. The summed E-state index contributed by atoms with van der Waals surface area (Å²) in [7, 11) is 0. The van der Waals surface area contributed by atoms with Gasteiger partial charge in [0.1, 0.15) is 32.2 Å². The Morgan fingerprint density at radius 1 is 0.980 bits per heavy atom. The minimum atomic E-state index is -1.76. The molecule has 0 amide bonds. The lowest BCUT2D eigenvalue weighted by molar-refractivity contribution is -0.168. The van der Waals surface area contributed by atoms with Gasteiger partial charge in [0.05, 0.1) is 19.2 Å². The van der Waals surface area contributed by atoms with E-state index in [9.17, 15) is 28.7 Å². The van der Waals surface area contributed by atoms with E-state index in [1.807, 2.05) is 0 Å². The Morgan fingerprint density at radius 2 is 1.57 bits per heavy atom. The zero-order valence-electron chi connectivity index (χ0n) is 28.1. The molecule has 16 heteroatoms. The van der Waals surface area contributed by atoms with Crippen LogP contribution >= 0.6 is 0 Å². The maximum absolute atomic E-state index is 13.8. The van der Waals surface area contributed by atoms with Crippen molar-refractivity contribution in [3.05, 3.63) is 12.4 Å². The standard InChI is InChI=1S/C33H46FN5O10/c1-4-7-9-11-13-25(41)45-18-22(19-46-26(42)14-12-10-8-5-2)48-28(44)16-15-27(43)47-20-33(6-3)23(40)17-24(49-33)39-21-36-29-30(35)37-32(34)38-31(29)39/h3,21-24,40H,4-5,7-20H2,1-2H3,(H2,35,37,38)/t23-,24+,33+/m0/s1. The summed E-state index contributed by atoms with van der Waals surface area (Å²) in [5.74, 6) is -0.423. The molecule has 15 nitrogen and oxygen atoms in total. The van der Waals surface area contributed by atoms with Gasteiger partial charge in [0.2, 0.25) is 0 Å². The van der Waals surface area contributed by atoms with Gasteiger partial charge in [0.25, 0.3) is 0 Å². The van der Waals surface area contributed by atoms with E-state index in [1.54, 1.807) is 0 Å². The number of imidazole rings is 1. The summed E-state index contributed by atoms with van der Waals surface area (Å²) in [6.45, 7) is 2.93. The lowest BCUT2D eigenvalue weighted by Gasteiger charge is -2.26. The van der Waals surface area contributed by atoms with Crippen molar-refractivity contribution in [1.82, 2.24) is 19.5 Å². The highest BCUT2D eigenvalue weighted by atomic mass is 19.1. The monoisotopic (exact) mass is 691 g/mol. The van der Waals surface area contributed by atoms with Gasteiger partial charge in [-0.2, -0.15) is 14.4 Å². The molecule has 2 aromatic heterocycles. The molecular weight excluding hydrogens is 645 g/mol. The summed E-state index contributed by atoms with van der Waals surface area (Å²) in [6.07, 6.45) is 9.23. The van der Waals surface area contributed by atoms with Gasteiger partial charge in [-0.15, -0.1) is 6.42 Å². The quantitative estimate of drug-likeness (QED) is 0.0633. The molecule has 0 spiro atoms. The number of nitrogen functional groups attached to an aromatic ring is 1. The van der Waals surface area contributed by atoms with Crippen LogP contribution in [0.4, 0.5) is 10.2 Å². The number of hydrogen-bond donors (Lipinski definition) is 2. The summed E-state index contributed by atoms with van der Waals surface area (Å²) >= 11 is 0. The van der Waals surface area contributed by atoms with Crippen LogP contribution in [0.15, 0.2) is 6.33 Å².